The van der Waals surface area contributed by atoms with Crippen LogP contribution in [0.1, 0.15) is 30.4 Å². The van der Waals surface area contributed by atoms with Crippen molar-refractivity contribution in [2.24, 2.45) is 0 Å². The molecule has 0 atom stereocenters. The van der Waals surface area contributed by atoms with Crippen LogP contribution in [-0.2, 0) is 6.42 Å². The molecule has 0 aliphatic heterocycles. The molecular formula is C25H25N3O3. The van der Waals surface area contributed by atoms with Crippen molar-refractivity contribution in [3.05, 3.63) is 76.3 Å². The fraction of sp³-hybridized carbons (Fsp3) is 0.280. The minimum absolute atomic E-state index is 0.346. The van der Waals surface area contributed by atoms with Gasteiger partial charge in [-0.3, -0.25) is 0 Å². The zero-order valence-electron chi connectivity index (χ0n) is 17.3. The van der Waals surface area contributed by atoms with Crippen molar-refractivity contribution in [3.63, 3.8) is 0 Å². The van der Waals surface area contributed by atoms with E-state index in [0.717, 1.165) is 60.8 Å². The number of ether oxygens (including phenoxy) is 1. The average Bonchev–Trinajstić information content (AvgIpc) is 3.20. The molecule has 4 rings (SSSR count). The summed E-state index contributed by atoms with van der Waals surface area (Å²) in [6.07, 6.45) is 6.17. The van der Waals surface area contributed by atoms with Crippen molar-refractivity contribution < 1.29 is 9.15 Å². The van der Waals surface area contributed by atoms with E-state index in [1.807, 2.05) is 30.3 Å². The first-order valence-electron chi connectivity index (χ1n) is 10.6. The van der Waals surface area contributed by atoms with Crippen LogP contribution in [-0.4, -0.2) is 24.7 Å². The average molecular weight is 415 g/mol. The van der Waals surface area contributed by atoms with Crippen LogP contribution in [0.25, 0.3) is 21.9 Å². The molecule has 6 nitrogen and oxygen atoms in total. The van der Waals surface area contributed by atoms with Crippen molar-refractivity contribution >= 4 is 21.9 Å². The highest BCUT2D eigenvalue weighted by Gasteiger charge is 2.05. The van der Waals surface area contributed by atoms with Crippen molar-refractivity contribution in [3.8, 4) is 11.8 Å². The van der Waals surface area contributed by atoms with Gasteiger partial charge in [-0.25, -0.2) is 4.79 Å². The number of fused-ring (bicyclic) bond motifs is 2. The molecule has 31 heavy (non-hydrogen) atoms. The van der Waals surface area contributed by atoms with E-state index >= 15 is 0 Å². The summed E-state index contributed by atoms with van der Waals surface area (Å²) in [4.78, 5) is 14.5. The second-order valence-electron chi connectivity index (χ2n) is 7.55. The molecular weight excluding hydrogens is 390 g/mol. The van der Waals surface area contributed by atoms with Crippen LogP contribution >= 0.6 is 0 Å². The molecule has 0 spiro atoms. The molecule has 0 fully saturated rings. The number of nitrogens with one attached hydrogen (secondary N) is 2. The lowest BCUT2D eigenvalue weighted by atomic mass is 10.1. The predicted molar refractivity (Wildman–Crippen MR) is 121 cm³/mol. The molecule has 0 saturated heterocycles. The number of aryl methyl sites for hydroxylation is 1. The fourth-order valence-electron chi connectivity index (χ4n) is 3.67. The second-order valence-corrected chi connectivity index (χ2v) is 7.55. The van der Waals surface area contributed by atoms with Gasteiger partial charge in [-0.05, 0) is 86.8 Å². The van der Waals surface area contributed by atoms with Gasteiger partial charge in [0.15, 0.2) is 0 Å². The Hall–Kier alpha value is -3.56. The van der Waals surface area contributed by atoms with Gasteiger partial charge in [0.25, 0.3) is 0 Å². The maximum absolute atomic E-state index is 11.2. The van der Waals surface area contributed by atoms with Crippen LogP contribution < -0.4 is 15.7 Å². The van der Waals surface area contributed by atoms with Gasteiger partial charge in [-0.1, -0.05) is 0 Å². The monoisotopic (exact) mass is 415 g/mol. The number of nitriles is 1. The smallest absolute Gasteiger partial charge is 0.336 e. The molecule has 6 heteroatoms. The highest BCUT2D eigenvalue weighted by molar-refractivity contribution is 5.84. The van der Waals surface area contributed by atoms with Crippen LogP contribution in [0.4, 0.5) is 0 Å². The first-order valence-corrected chi connectivity index (χ1v) is 10.6. The van der Waals surface area contributed by atoms with Gasteiger partial charge in [0, 0.05) is 28.6 Å². The van der Waals surface area contributed by atoms with E-state index in [4.69, 9.17) is 14.4 Å². The Morgan fingerprint density at radius 2 is 1.94 bits per heavy atom. The summed E-state index contributed by atoms with van der Waals surface area (Å²) < 4.78 is 10.9. The largest absolute Gasteiger partial charge is 0.494 e. The quantitative estimate of drug-likeness (QED) is 0.293. The molecule has 0 bridgehead atoms. The topological polar surface area (TPSA) is 91.1 Å². The summed E-state index contributed by atoms with van der Waals surface area (Å²) in [6.45, 7) is 2.51. The van der Waals surface area contributed by atoms with E-state index in [-0.39, 0.29) is 5.63 Å². The Balaban J connectivity index is 1.11. The normalized spacial score (nSPS) is 11.1. The Bertz CT molecular complexity index is 1270. The molecule has 0 radical (unpaired) electrons. The maximum Gasteiger partial charge on any atom is 0.336 e. The van der Waals surface area contributed by atoms with Crippen LogP contribution in [0.2, 0.25) is 0 Å². The summed E-state index contributed by atoms with van der Waals surface area (Å²) in [5.41, 5.74) is 3.28. The summed E-state index contributed by atoms with van der Waals surface area (Å²) >= 11 is 0. The number of benzene rings is 2. The number of rotatable bonds is 10. The van der Waals surface area contributed by atoms with Crippen molar-refractivity contribution in [2.45, 2.75) is 25.7 Å². The first-order chi connectivity index (χ1) is 15.2. The molecule has 4 aromatic rings. The van der Waals surface area contributed by atoms with Crippen molar-refractivity contribution in [1.82, 2.24) is 10.3 Å². The SMILES string of the molecule is N#Cc1ccc2[nH]cc(CCCCNCCCOc3ccc4oc(=O)ccc4c3)c2c1. The van der Waals surface area contributed by atoms with E-state index in [0.29, 0.717) is 17.8 Å². The van der Waals surface area contributed by atoms with E-state index in [9.17, 15) is 4.79 Å². The lowest BCUT2D eigenvalue weighted by Gasteiger charge is -2.08. The van der Waals surface area contributed by atoms with Gasteiger partial charge in [-0.2, -0.15) is 5.26 Å². The molecule has 0 unspecified atom stereocenters. The van der Waals surface area contributed by atoms with Gasteiger partial charge in [0.05, 0.1) is 18.2 Å². The summed E-state index contributed by atoms with van der Waals surface area (Å²) in [7, 11) is 0. The molecule has 2 aromatic heterocycles. The Kier molecular flexibility index (Phi) is 6.65. The molecule has 0 aliphatic rings. The molecule has 2 heterocycles. The number of hydrogen-bond acceptors (Lipinski definition) is 5. The number of H-pyrrole nitrogens is 1. The Labute approximate surface area is 180 Å². The zero-order valence-corrected chi connectivity index (χ0v) is 17.3. The predicted octanol–water partition coefficient (Wildman–Crippen LogP) is 4.53. The summed E-state index contributed by atoms with van der Waals surface area (Å²) in [5.74, 6) is 0.777. The van der Waals surface area contributed by atoms with E-state index in [1.54, 1.807) is 12.1 Å². The molecule has 0 aliphatic carbocycles. The second kappa shape index (κ2) is 9.96. The number of nitrogens with zero attached hydrogens (tertiary/aromatic N) is 1. The van der Waals surface area contributed by atoms with Crippen molar-refractivity contribution in [1.29, 1.82) is 5.26 Å². The lowest BCUT2D eigenvalue weighted by Crippen LogP contribution is -2.18. The third kappa shape index (κ3) is 5.33. The minimum Gasteiger partial charge on any atom is -0.494 e. The van der Waals surface area contributed by atoms with Gasteiger partial charge in [0.1, 0.15) is 11.3 Å². The number of hydrogen-bond donors (Lipinski definition) is 2. The van der Waals surface area contributed by atoms with Crippen LogP contribution in [0.5, 0.6) is 5.75 Å². The summed E-state index contributed by atoms with van der Waals surface area (Å²) in [6, 6.07) is 16.6. The zero-order chi connectivity index (χ0) is 21.5. The molecule has 158 valence electrons. The van der Waals surface area contributed by atoms with E-state index < -0.39 is 0 Å². The third-order valence-corrected chi connectivity index (χ3v) is 5.30. The van der Waals surface area contributed by atoms with Gasteiger partial charge >= 0.3 is 5.63 Å². The molecule has 0 amide bonds. The number of unbranched alkanes of at least 4 members (excludes halogenated alkanes) is 1. The maximum atomic E-state index is 11.2. The van der Waals surface area contributed by atoms with Crippen LogP contribution in [0, 0.1) is 11.3 Å². The lowest BCUT2D eigenvalue weighted by molar-refractivity contribution is 0.308. The van der Waals surface area contributed by atoms with E-state index in [1.165, 1.54) is 11.6 Å². The third-order valence-electron chi connectivity index (χ3n) is 5.30. The molecule has 0 saturated carbocycles. The summed E-state index contributed by atoms with van der Waals surface area (Å²) in [5, 5.41) is 14.6. The van der Waals surface area contributed by atoms with Crippen LogP contribution in [0.3, 0.4) is 0 Å². The van der Waals surface area contributed by atoms with Crippen molar-refractivity contribution in [2.75, 3.05) is 19.7 Å². The van der Waals surface area contributed by atoms with Crippen LogP contribution in [0.15, 0.2) is 63.9 Å². The van der Waals surface area contributed by atoms with Gasteiger partial charge < -0.3 is 19.5 Å². The number of aromatic amines is 1. The standard InChI is InChI=1S/C25H25N3O3/c26-16-18-5-8-23-22(14-18)20(17-28-23)4-1-2-11-27-12-3-13-30-21-7-9-24-19(15-21)6-10-25(29)31-24/h5-10,14-15,17,27-28H,1-4,11-13H2. The molecule has 2 aromatic carbocycles. The highest BCUT2D eigenvalue weighted by atomic mass is 16.5. The fourth-order valence-corrected chi connectivity index (χ4v) is 3.67. The molecule has 2 N–H and O–H groups in total. The minimum atomic E-state index is -0.346. The Morgan fingerprint density at radius 3 is 2.84 bits per heavy atom. The Morgan fingerprint density at radius 1 is 1.03 bits per heavy atom. The number of aromatic nitrogens is 1. The van der Waals surface area contributed by atoms with Gasteiger partial charge in [0.2, 0.25) is 0 Å². The van der Waals surface area contributed by atoms with E-state index in [2.05, 4.69) is 22.6 Å². The van der Waals surface area contributed by atoms with Gasteiger partial charge in [-0.15, -0.1) is 0 Å². The first kappa shape index (κ1) is 20.7. The highest BCUT2D eigenvalue weighted by Crippen LogP contribution is 2.21.